The van der Waals surface area contributed by atoms with Crippen LogP contribution in [0.15, 0.2) is 42.7 Å². The molecule has 2 atom stereocenters. The maximum atomic E-state index is 12.8. The number of piperidine rings is 1. The summed E-state index contributed by atoms with van der Waals surface area (Å²) in [4.78, 5) is 41.2. The van der Waals surface area contributed by atoms with Crippen molar-refractivity contribution < 1.29 is 14.3 Å². The lowest BCUT2D eigenvalue weighted by atomic mass is 9.90. The first-order valence-corrected chi connectivity index (χ1v) is 13.0. The van der Waals surface area contributed by atoms with Crippen molar-refractivity contribution in [3.63, 3.8) is 0 Å². The van der Waals surface area contributed by atoms with Gasteiger partial charge in [-0.2, -0.15) is 0 Å². The molecule has 5 rings (SSSR count). The zero-order valence-corrected chi connectivity index (χ0v) is 22.3. The van der Waals surface area contributed by atoms with E-state index >= 15 is 0 Å². The van der Waals surface area contributed by atoms with Gasteiger partial charge in [0.25, 0.3) is 0 Å². The molecule has 0 radical (unpaired) electrons. The van der Waals surface area contributed by atoms with Crippen LogP contribution in [0, 0.1) is 6.92 Å². The number of piperazine rings is 1. The summed E-state index contributed by atoms with van der Waals surface area (Å²) < 4.78 is 7.65. The van der Waals surface area contributed by atoms with Crippen LogP contribution < -0.4 is 4.90 Å². The molecule has 37 heavy (non-hydrogen) atoms. The predicted molar refractivity (Wildman–Crippen MR) is 142 cm³/mol. The van der Waals surface area contributed by atoms with Gasteiger partial charge in [0.2, 0.25) is 0 Å². The largest absolute Gasteiger partial charge is 0.444 e. The lowest BCUT2D eigenvalue weighted by Crippen LogP contribution is -2.50. The second kappa shape index (κ2) is 9.78. The van der Waals surface area contributed by atoms with E-state index in [2.05, 4.69) is 38.5 Å². The van der Waals surface area contributed by atoms with Gasteiger partial charge in [-0.25, -0.2) is 9.78 Å². The highest BCUT2D eigenvalue weighted by atomic mass is 16.6. The van der Waals surface area contributed by atoms with Gasteiger partial charge in [0.15, 0.2) is 0 Å². The Bertz CT molecular complexity index is 1300. The van der Waals surface area contributed by atoms with Crippen LogP contribution in [0.25, 0.3) is 5.65 Å². The highest BCUT2D eigenvalue weighted by Gasteiger charge is 2.37. The van der Waals surface area contributed by atoms with Crippen molar-refractivity contribution in [3.05, 3.63) is 59.7 Å². The van der Waals surface area contributed by atoms with Crippen LogP contribution in [-0.4, -0.2) is 74.9 Å². The molecule has 0 aromatic carbocycles. The van der Waals surface area contributed by atoms with Gasteiger partial charge >= 0.3 is 6.09 Å². The van der Waals surface area contributed by atoms with Gasteiger partial charge in [0, 0.05) is 51.4 Å². The number of ether oxygens (including phenoxy) is 1. The molecule has 0 aliphatic carbocycles. The molecule has 1 amide bonds. The molecule has 3 aromatic rings. The molecule has 0 bridgehead atoms. The van der Waals surface area contributed by atoms with Gasteiger partial charge < -0.3 is 14.5 Å². The van der Waals surface area contributed by atoms with Crippen LogP contribution in [0.1, 0.15) is 62.6 Å². The maximum absolute atomic E-state index is 12.8. The Balaban J connectivity index is 1.37. The highest BCUT2D eigenvalue weighted by Crippen LogP contribution is 2.39. The number of hydrogen-bond acceptors (Lipinski definition) is 7. The number of hydrogen-bond donors (Lipinski definition) is 0. The number of ketones is 1. The summed E-state index contributed by atoms with van der Waals surface area (Å²) in [6.07, 6.45) is 4.49. The Hall–Kier alpha value is -3.46. The Morgan fingerprint density at radius 1 is 1.03 bits per heavy atom. The van der Waals surface area contributed by atoms with Crippen molar-refractivity contribution in [2.24, 2.45) is 0 Å². The van der Waals surface area contributed by atoms with Crippen molar-refractivity contribution in [1.29, 1.82) is 0 Å². The number of amides is 1. The standard InChI is InChI=1S/C28H36N6O3/c1-19-8-7-11-29-26(19)23-17-20(35)16-22(31(23)5)21-18-34-24(30-21)9-6-10-25(34)32-12-14-33(15-13-32)27(36)37-28(2,3)4/h6-11,18,22-23H,12-17H2,1-5H3. The number of Topliss-reactive ketones (excluding diaryl/α,β-unsaturated/α-hetero) is 1. The molecular formula is C28H36N6O3. The van der Waals surface area contributed by atoms with Gasteiger partial charge in [-0.3, -0.25) is 19.1 Å². The number of aromatic nitrogens is 3. The number of anilines is 1. The van der Waals surface area contributed by atoms with Crippen molar-refractivity contribution in [2.45, 2.75) is 58.2 Å². The van der Waals surface area contributed by atoms with E-state index in [0.717, 1.165) is 28.4 Å². The minimum absolute atomic E-state index is 0.0716. The third kappa shape index (κ3) is 5.18. The summed E-state index contributed by atoms with van der Waals surface area (Å²) in [5.41, 5.74) is 3.27. The summed E-state index contributed by atoms with van der Waals surface area (Å²) in [6, 6.07) is 9.87. The molecule has 2 unspecified atom stereocenters. The van der Waals surface area contributed by atoms with E-state index in [-0.39, 0.29) is 24.0 Å². The fourth-order valence-corrected chi connectivity index (χ4v) is 5.35. The van der Waals surface area contributed by atoms with Crippen LogP contribution in [0.5, 0.6) is 0 Å². The summed E-state index contributed by atoms with van der Waals surface area (Å²) >= 11 is 0. The molecule has 2 fully saturated rings. The van der Waals surface area contributed by atoms with Crippen LogP contribution in [-0.2, 0) is 9.53 Å². The first-order chi connectivity index (χ1) is 17.6. The van der Waals surface area contributed by atoms with E-state index in [0.29, 0.717) is 39.0 Å². The fraction of sp³-hybridized carbons (Fsp3) is 0.500. The van der Waals surface area contributed by atoms with Crippen LogP contribution >= 0.6 is 0 Å². The molecule has 0 spiro atoms. The van der Waals surface area contributed by atoms with Gasteiger partial charge in [-0.05, 0) is 58.5 Å². The maximum Gasteiger partial charge on any atom is 0.410 e. The van der Waals surface area contributed by atoms with E-state index < -0.39 is 5.60 Å². The van der Waals surface area contributed by atoms with Crippen molar-refractivity contribution >= 4 is 23.3 Å². The molecule has 3 aromatic heterocycles. The number of carbonyl (C=O) groups excluding carboxylic acids is 2. The van der Waals surface area contributed by atoms with Crippen molar-refractivity contribution in [2.75, 3.05) is 38.1 Å². The van der Waals surface area contributed by atoms with E-state index in [1.165, 1.54) is 0 Å². The van der Waals surface area contributed by atoms with E-state index in [4.69, 9.17) is 9.72 Å². The summed E-state index contributed by atoms with van der Waals surface area (Å²) in [5, 5.41) is 0. The van der Waals surface area contributed by atoms with Gasteiger partial charge in [0.05, 0.1) is 23.5 Å². The lowest BCUT2D eigenvalue weighted by molar-refractivity contribution is -0.125. The number of fused-ring (bicyclic) bond motifs is 1. The van der Waals surface area contributed by atoms with Gasteiger partial charge in [-0.1, -0.05) is 12.1 Å². The average molecular weight is 505 g/mol. The number of rotatable bonds is 3. The molecule has 2 aliphatic rings. The second-order valence-electron chi connectivity index (χ2n) is 11.1. The first-order valence-electron chi connectivity index (χ1n) is 13.0. The Kier molecular flexibility index (Phi) is 6.66. The molecule has 2 saturated heterocycles. The quantitative estimate of drug-likeness (QED) is 0.529. The SMILES string of the molecule is Cc1cccnc1C1CC(=O)CC(c2cn3c(N4CCN(C(=O)OC(C)(C)C)CC4)cccc3n2)N1C. The van der Waals surface area contributed by atoms with Gasteiger partial charge in [-0.15, -0.1) is 0 Å². The number of pyridine rings is 2. The first kappa shape index (κ1) is 25.2. The predicted octanol–water partition coefficient (Wildman–Crippen LogP) is 4.17. The normalized spacial score (nSPS) is 21.5. The Morgan fingerprint density at radius 2 is 1.76 bits per heavy atom. The Morgan fingerprint density at radius 3 is 2.46 bits per heavy atom. The number of carbonyl (C=O) groups is 2. The monoisotopic (exact) mass is 504 g/mol. The molecule has 5 heterocycles. The third-order valence-corrected chi connectivity index (χ3v) is 7.28. The van der Waals surface area contributed by atoms with E-state index in [1.807, 2.05) is 52.0 Å². The second-order valence-corrected chi connectivity index (χ2v) is 11.1. The van der Waals surface area contributed by atoms with Gasteiger partial charge in [0.1, 0.15) is 22.8 Å². The molecule has 0 N–H and O–H groups in total. The molecule has 9 nitrogen and oxygen atoms in total. The molecule has 9 heteroatoms. The molecular weight excluding hydrogens is 468 g/mol. The van der Waals surface area contributed by atoms with Crippen LogP contribution in [0.4, 0.5) is 10.6 Å². The number of nitrogens with zero attached hydrogens (tertiary/aromatic N) is 6. The van der Waals surface area contributed by atoms with Crippen molar-refractivity contribution in [1.82, 2.24) is 24.2 Å². The zero-order chi connectivity index (χ0) is 26.3. The lowest BCUT2D eigenvalue weighted by Gasteiger charge is -2.38. The average Bonchev–Trinajstić information content (AvgIpc) is 3.29. The third-order valence-electron chi connectivity index (χ3n) is 7.28. The molecule has 0 saturated carbocycles. The topological polar surface area (TPSA) is 83.3 Å². The zero-order valence-electron chi connectivity index (χ0n) is 22.3. The molecule has 2 aliphatic heterocycles. The summed E-state index contributed by atoms with van der Waals surface area (Å²) in [5.74, 6) is 1.26. The van der Waals surface area contributed by atoms with Crippen LogP contribution in [0.2, 0.25) is 0 Å². The number of aryl methyl sites for hydroxylation is 1. The fourth-order valence-electron chi connectivity index (χ4n) is 5.35. The van der Waals surface area contributed by atoms with E-state index in [1.54, 1.807) is 11.1 Å². The number of imidazole rings is 1. The molecule has 196 valence electrons. The summed E-state index contributed by atoms with van der Waals surface area (Å²) in [7, 11) is 2.07. The minimum atomic E-state index is -0.505. The van der Waals surface area contributed by atoms with Crippen molar-refractivity contribution in [3.8, 4) is 0 Å². The van der Waals surface area contributed by atoms with Crippen LogP contribution in [0.3, 0.4) is 0 Å². The number of likely N-dealkylation sites (tertiary alicyclic amines) is 1. The Labute approximate surface area is 218 Å². The highest BCUT2D eigenvalue weighted by molar-refractivity contribution is 5.81. The summed E-state index contributed by atoms with van der Waals surface area (Å²) in [6.45, 7) is 10.3. The smallest absolute Gasteiger partial charge is 0.410 e. The minimum Gasteiger partial charge on any atom is -0.444 e. The van der Waals surface area contributed by atoms with E-state index in [9.17, 15) is 9.59 Å².